The maximum Gasteiger partial charge on any atom is 0.274 e. The maximum atomic E-state index is 13.0. The average Bonchev–Trinajstić information content (AvgIpc) is 3.01. The van der Waals surface area contributed by atoms with Crippen LogP contribution in [0.1, 0.15) is 54.1 Å². The van der Waals surface area contributed by atoms with Crippen molar-refractivity contribution in [2.24, 2.45) is 5.41 Å². The number of aromatic nitrogens is 3. The molecule has 5 heteroatoms. The van der Waals surface area contributed by atoms with Crippen LogP contribution >= 0.6 is 0 Å². The van der Waals surface area contributed by atoms with Crippen LogP contribution < -0.4 is 5.32 Å². The smallest absolute Gasteiger partial charge is 0.274 e. The predicted octanol–water partition coefficient (Wildman–Crippen LogP) is 4.40. The Hall–Kier alpha value is -2.95. The molecule has 1 heterocycles. The quantitative estimate of drug-likeness (QED) is 0.748. The van der Waals surface area contributed by atoms with Crippen LogP contribution in [0.25, 0.3) is 5.69 Å². The molecule has 0 aliphatic heterocycles. The third-order valence-corrected chi connectivity index (χ3v) is 4.66. The van der Waals surface area contributed by atoms with Crippen LogP contribution in [0, 0.1) is 19.3 Å². The Labute approximate surface area is 160 Å². The summed E-state index contributed by atoms with van der Waals surface area (Å²) in [6, 6.07) is 17.9. The van der Waals surface area contributed by atoms with Crippen LogP contribution in [-0.2, 0) is 0 Å². The number of benzene rings is 2. The van der Waals surface area contributed by atoms with E-state index < -0.39 is 0 Å². The minimum absolute atomic E-state index is 0.130. The molecule has 1 atom stereocenters. The first-order valence-electron chi connectivity index (χ1n) is 9.12. The van der Waals surface area contributed by atoms with Gasteiger partial charge in [0.25, 0.3) is 5.91 Å². The van der Waals surface area contributed by atoms with Crippen molar-refractivity contribution in [2.45, 2.75) is 40.7 Å². The summed E-state index contributed by atoms with van der Waals surface area (Å²) in [5.41, 5.74) is 4.06. The van der Waals surface area contributed by atoms with Gasteiger partial charge < -0.3 is 5.32 Å². The molecule has 2 aromatic carbocycles. The molecule has 0 bridgehead atoms. The van der Waals surface area contributed by atoms with Gasteiger partial charge in [0.2, 0.25) is 0 Å². The third-order valence-electron chi connectivity index (χ3n) is 4.66. The number of carbonyl (C=O) groups is 1. The Morgan fingerprint density at radius 1 is 1.00 bits per heavy atom. The number of amides is 1. The molecule has 0 saturated carbocycles. The highest BCUT2D eigenvalue weighted by molar-refractivity contribution is 5.93. The molecule has 0 aliphatic carbocycles. The molecular weight excluding hydrogens is 336 g/mol. The van der Waals surface area contributed by atoms with Crippen LogP contribution in [0.15, 0.2) is 54.6 Å². The van der Waals surface area contributed by atoms with E-state index in [9.17, 15) is 4.79 Å². The van der Waals surface area contributed by atoms with Crippen LogP contribution in [0.2, 0.25) is 0 Å². The van der Waals surface area contributed by atoms with E-state index in [1.54, 1.807) is 4.68 Å². The summed E-state index contributed by atoms with van der Waals surface area (Å²) >= 11 is 0. The second-order valence-corrected chi connectivity index (χ2v) is 7.95. The van der Waals surface area contributed by atoms with Crippen molar-refractivity contribution in [2.75, 3.05) is 0 Å². The highest BCUT2D eigenvalue weighted by Crippen LogP contribution is 2.33. The lowest BCUT2D eigenvalue weighted by Gasteiger charge is -2.31. The molecule has 3 rings (SSSR count). The van der Waals surface area contributed by atoms with Gasteiger partial charge in [0.05, 0.1) is 17.4 Å². The first-order chi connectivity index (χ1) is 12.8. The lowest BCUT2D eigenvalue weighted by molar-refractivity contribution is 0.0896. The fourth-order valence-corrected chi connectivity index (χ4v) is 3.11. The molecule has 27 heavy (non-hydrogen) atoms. The van der Waals surface area contributed by atoms with E-state index in [0.29, 0.717) is 5.69 Å². The van der Waals surface area contributed by atoms with Crippen molar-refractivity contribution >= 4 is 5.91 Å². The van der Waals surface area contributed by atoms with Gasteiger partial charge in [-0.05, 0) is 37.0 Å². The highest BCUT2D eigenvalue weighted by atomic mass is 16.2. The molecule has 1 unspecified atom stereocenters. The summed E-state index contributed by atoms with van der Waals surface area (Å²) < 4.78 is 1.70. The SMILES string of the molecule is Cc1ccc(-n2nnc(C(=O)NC(c3ccccc3)C(C)(C)C)c2C)cc1. The maximum absolute atomic E-state index is 13.0. The zero-order valence-corrected chi connectivity index (χ0v) is 16.5. The van der Waals surface area contributed by atoms with E-state index in [2.05, 4.69) is 36.4 Å². The number of nitrogens with one attached hydrogen (secondary N) is 1. The molecule has 1 aromatic heterocycles. The minimum atomic E-state index is -0.213. The first kappa shape index (κ1) is 18.8. The molecule has 0 saturated heterocycles. The second-order valence-electron chi connectivity index (χ2n) is 7.95. The first-order valence-corrected chi connectivity index (χ1v) is 9.12. The molecule has 3 aromatic rings. The van der Waals surface area contributed by atoms with Crippen LogP contribution in [0.5, 0.6) is 0 Å². The molecule has 0 aliphatic rings. The van der Waals surface area contributed by atoms with Gasteiger partial charge >= 0.3 is 0 Å². The van der Waals surface area contributed by atoms with Crippen LogP contribution in [0.3, 0.4) is 0 Å². The van der Waals surface area contributed by atoms with E-state index in [-0.39, 0.29) is 17.4 Å². The molecule has 1 N–H and O–H groups in total. The summed E-state index contributed by atoms with van der Waals surface area (Å²) in [6.07, 6.45) is 0. The monoisotopic (exact) mass is 362 g/mol. The average molecular weight is 362 g/mol. The number of hydrogen-bond donors (Lipinski definition) is 1. The summed E-state index contributed by atoms with van der Waals surface area (Å²) in [4.78, 5) is 13.0. The van der Waals surface area contributed by atoms with Crippen LogP contribution in [0.4, 0.5) is 0 Å². The van der Waals surface area contributed by atoms with Crippen molar-refractivity contribution in [1.82, 2.24) is 20.3 Å². The van der Waals surface area contributed by atoms with Crippen molar-refractivity contribution in [3.63, 3.8) is 0 Å². The third kappa shape index (κ3) is 4.08. The summed E-state index contributed by atoms with van der Waals surface area (Å²) in [5.74, 6) is -0.213. The van der Waals surface area contributed by atoms with Crippen molar-refractivity contribution in [1.29, 1.82) is 0 Å². The number of rotatable bonds is 4. The number of aryl methyl sites for hydroxylation is 1. The zero-order valence-electron chi connectivity index (χ0n) is 16.5. The van der Waals surface area contributed by atoms with Gasteiger partial charge in [0, 0.05) is 0 Å². The van der Waals surface area contributed by atoms with Gasteiger partial charge in [-0.25, -0.2) is 4.68 Å². The normalized spacial score (nSPS) is 12.6. The number of hydrogen-bond acceptors (Lipinski definition) is 3. The van der Waals surface area contributed by atoms with E-state index in [1.165, 1.54) is 5.56 Å². The standard InChI is InChI=1S/C22H26N4O/c1-15-11-13-18(14-12-15)26-16(2)19(24-25-26)21(27)23-20(22(3,4)5)17-9-7-6-8-10-17/h6-14,20H,1-5H3,(H,23,27). The number of carbonyl (C=O) groups excluding carboxylic acids is 1. The molecule has 5 nitrogen and oxygen atoms in total. The summed E-state index contributed by atoms with van der Waals surface area (Å²) in [7, 11) is 0. The van der Waals surface area contributed by atoms with E-state index in [4.69, 9.17) is 0 Å². The Morgan fingerprint density at radius 2 is 1.63 bits per heavy atom. The van der Waals surface area contributed by atoms with Crippen molar-refractivity contribution < 1.29 is 4.79 Å². The molecule has 140 valence electrons. The summed E-state index contributed by atoms with van der Waals surface area (Å²) in [6.45, 7) is 10.2. The topological polar surface area (TPSA) is 59.8 Å². The Balaban J connectivity index is 1.88. The lowest BCUT2D eigenvalue weighted by Crippen LogP contribution is -2.37. The van der Waals surface area contributed by atoms with Gasteiger partial charge in [-0.3, -0.25) is 4.79 Å². The fourth-order valence-electron chi connectivity index (χ4n) is 3.11. The molecule has 0 fully saturated rings. The highest BCUT2D eigenvalue weighted by Gasteiger charge is 2.29. The lowest BCUT2D eigenvalue weighted by atomic mass is 9.82. The fraction of sp³-hybridized carbons (Fsp3) is 0.318. The Morgan fingerprint density at radius 3 is 2.22 bits per heavy atom. The largest absolute Gasteiger partial charge is 0.343 e. The molecular formula is C22H26N4O. The Bertz CT molecular complexity index is 921. The van der Waals surface area contributed by atoms with Crippen LogP contribution in [-0.4, -0.2) is 20.9 Å². The second kappa shape index (κ2) is 7.35. The molecule has 1 amide bonds. The zero-order chi connectivity index (χ0) is 19.6. The van der Waals surface area contributed by atoms with Gasteiger partial charge in [-0.2, -0.15) is 0 Å². The van der Waals surface area contributed by atoms with Gasteiger partial charge in [-0.15, -0.1) is 5.10 Å². The molecule has 0 spiro atoms. The predicted molar refractivity (Wildman–Crippen MR) is 107 cm³/mol. The van der Waals surface area contributed by atoms with E-state index in [1.807, 2.05) is 68.4 Å². The van der Waals surface area contributed by atoms with Crippen molar-refractivity contribution in [3.05, 3.63) is 77.1 Å². The number of nitrogens with zero attached hydrogens (tertiary/aromatic N) is 3. The summed E-state index contributed by atoms with van der Waals surface area (Å²) in [5, 5.41) is 11.5. The Kier molecular flexibility index (Phi) is 5.13. The van der Waals surface area contributed by atoms with E-state index >= 15 is 0 Å². The minimum Gasteiger partial charge on any atom is -0.343 e. The van der Waals surface area contributed by atoms with Crippen molar-refractivity contribution in [3.8, 4) is 5.69 Å². The van der Waals surface area contributed by atoms with Gasteiger partial charge in [0.15, 0.2) is 5.69 Å². The van der Waals surface area contributed by atoms with E-state index in [0.717, 1.165) is 16.9 Å². The van der Waals surface area contributed by atoms with Gasteiger partial charge in [-0.1, -0.05) is 74.0 Å². The molecule has 0 radical (unpaired) electrons. The van der Waals surface area contributed by atoms with Gasteiger partial charge in [0.1, 0.15) is 0 Å².